The maximum atomic E-state index is 11.3. The van der Waals surface area contributed by atoms with Gasteiger partial charge >= 0.3 is 0 Å². The average Bonchev–Trinajstić information content (AvgIpc) is 2.75. The van der Waals surface area contributed by atoms with Gasteiger partial charge in [-0.2, -0.15) is 0 Å². The number of carbonyl (C=O) groups excluding carboxylic acids is 2. The summed E-state index contributed by atoms with van der Waals surface area (Å²) < 4.78 is 0. The summed E-state index contributed by atoms with van der Waals surface area (Å²) in [5, 5.41) is 51.3. The van der Waals surface area contributed by atoms with Gasteiger partial charge in [-0.25, -0.2) is 0 Å². The lowest BCUT2D eigenvalue weighted by Gasteiger charge is -2.37. The number of amides is 2. The van der Waals surface area contributed by atoms with Crippen LogP contribution < -0.4 is 11.5 Å². The van der Waals surface area contributed by atoms with Crippen LogP contribution in [-0.2, 0) is 9.59 Å². The second kappa shape index (κ2) is 9.66. The summed E-state index contributed by atoms with van der Waals surface area (Å²) in [6.07, 6.45) is 5.83. The zero-order valence-corrected chi connectivity index (χ0v) is 17.7. The zero-order valence-electron chi connectivity index (χ0n) is 17.7. The highest BCUT2D eigenvalue weighted by molar-refractivity contribution is 5.91. The SMILES string of the molecule is NC(=O)/C=C/c1cc(O)c(O)cc1C1CCCC(c2cc(O)c(O)cc2/C=C/C(N)=O)C1O. The number of aliphatic hydroxyl groups excluding tert-OH is 1. The molecule has 1 aliphatic carbocycles. The summed E-state index contributed by atoms with van der Waals surface area (Å²) in [5.41, 5.74) is 12.2. The number of carbonyl (C=O) groups is 2. The lowest BCUT2D eigenvalue weighted by atomic mass is 9.71. The lowest BCUT2D eigenvalue weighted by molar-refractivity contribution is -0.114. The molecule has 2 aromatic rings. The lowest BCUT2D eigenvalue weighted by Crippen LogP contribution is -2.31. The molecular formula is C24H26N2O7. The van der Waals surface area contributed by atoms with Gasteiger partial charge in [0.25, 0.3) is 0 Å². The molecule has 0 saturated heterocycles. The van der Waals surface area contributed by atoms with E-state index in [4.69, 9.17) is 11.5 Å². The highest BCUT2D eigenvalue weighted by Gasteiger charge is 2.36. The molecule has 3 rings (SSSR count). The fourth-order valence-electron chi connectivity index (χ4n) is 4.35. The van der Waals surface area contributed by atoms with Crippen LogP contribution in [0, 0.1) is 0 Å². The summed E-state index contributed by atoms with van der Waals surface area (Å²) in [4.78, 5) is 22.4. The van der Waals surface area contributed by atoms with Crippen LogP contribution in [0.2, 0.25) is 0 Å². The molecule has 9 heteroatoms. The molecule has 0 bridgehead atoms. The Labute approximate surface area is 189 Å². The molecule has 2 amide bonds. The first-order valence-corrected chi connectivity index (χ1v) is 10.3. The topological polar surface area (TPSA) is 187 Å². The molecule has 0 spiro atoms. The van der Waals surface area contributed by atoms with Crippen LogP contribution in [0.5, 0.6) is 23.0 Å². The predicted octanol–water partition coefficient (Wildman–Crippen LogP) is 1.92. The summed E-state index contributed by atoms with van der Waals surface area (Å²) in [6.45, 7) is 0. The van der Waals surface area contributed by atoms with E-state index in [1.54, 1.807) is 0 Å². The van der Waals surface area contributed by atoms with E-state index >= 15 is 0 Å². The first-order valence-electron chi connectivity index (χ1n) is 10.3. The van der Waals surface area contributed by atoms with Gasteiger partial charge in [0.15, 0.2) is 23.0 Å². The van der Waals surface area contributed by atoms with Crippen LogP contribution in [0.25, 0.3) is 12.2 Å². The standard InChI is InChI=1S/C24H26N2O7/c25-22(31)6-4-12-8-18(27)20(29)10-16(12)14-2-1-3-15(24(14)33)17-11-21(30)19(28)9-13(17)5-7-23(26)32/h4-11,14-15,24,27-30,33H,1-3H2,(H2,25,31)(H2,26,32)/b6-4+,7-5+. The van der Waals surface area contributed by atoms with Crippen molar-refractivity contribution in [2.45, 2.75) is 37.2 Å². The Morgan fingerprint density at radius 3 is 1.45 bits per heavy atom. The van der Waals surface area contributed by atoms with Crippen LogP contribution in [0.15, 0.2) is 36.4 Å². The first kappa shape index (κ1) is 23.7. The van der Waals surface area contributed by atoms with Gasteiger partial charge in [-0.3, -0.25) is 9.59 Å². The third kappa shape index (κ3) is 5.27. The number of hydrogen-bond donors (Lipinski definition) is 7. The van der Waals surface area contributed by atoms with Gasteiger partial charge in [-0.05, 0) is 71.5 Å². The smallest absolute Gasteiger partial charge is 0.241 e. The van der Waals surface area contributed by atoms with Gasteiger partial charge in [-0.15, -0.1) is 0 Å². The average molecular weight is 454 g/mol. The molecule has 33 heavy (non-hydrogen) atoms. The Kier molecular flexibility index (Phi) is 6.93. The van der Waals surface area contributed by atoms with E-state index in [9.17, 15) is 35.1 Å². The second-order valence-corrected chi connectivity index (χ2v) is 8.05. The Morgan fingerprint density at radius 2 is 1.09 bits per heavy atom. The Hall–Kier alpha value is -3.98. The molecule has 2 atom stereocenters. The number of rotatable bonds is 6. The number of phenolic OH excluding ortho intramolecular Hbond substituents is 4. The molecule has 174 valence electrons. The van der Waals surface area contributed by atoms with Gasteiger partial charge in [0, 0.05) is 24.0 Å². The van der Waals surface area contributed by atoms with Crippen LogP contribution in [0.4, 0.5) is 0 Å². The summed E-state index contributed by atoms with van der Waals surface area (Å²) >= 11 is 0. The van der Waals surface area contributed by atoms with E-state index in [0.717, 1.165) is 12.2 Å². The zero-order chi connectivity index (χ0) is 24.3. The molecule has 9 N–H and O–H groups in total. The van der Waals surface area contributed by atoms with Gasteiger partial charge < -0.3 is 37.0 Å². The van der Waals surface area contributed by atoms with Crippen molar-refractivity contribution in [3.8, 4) is 23.0 Å². The number of nitrogens with two attached hydrogens (primary N) is 2. The molecule has 1 aliphatic rings. The van der Waals surface area contributed by atoms with Crippen molar-refractivity contribution in [1.82, 2.24) is 0 Å². The van der Waals surface area contributed by atoms with Crippen molar-refractivity contribution in [1.29, 1.82) is 0 Å². The van der Waals surface area contributed by atoms with Crippen molar-refractivity contribution in [2.75, 3.05) is 0 Å². The van der Waals surface area contributed by atoms with Crippen LogP contribution in [0.1, 0.15) is 53.4 Å². The normalized spacial score (nSPS) is 20.9. The Bertz CT molecular complexity index is 1050. The van der Waals surface area contributed by atoms with Crippen molar-refractivity contribution < 1.29 is 35.1 Å². The highest BCUT2D eigenvalue weighted by atomic mass is 16.3. The van der Waals surface area contributed by atoms with E-state index in [2.05, 4.69) is 0 Å². The first-order chi connectivity index (χ1) is 15.6. The minimum Gasteiger partial charge on any atom is -0.504 e. The molecule has 9 nitrogen and oxygen atoms in total. The third-order valence-electron chi connectivity index (χ3n) is 5.87. The van der Waals surface area contributed by atoms with E-state index in [1.165, 1.54) is 36.4 Å². The second-order valence-electron chi connectivity index (χ2n) is 8.05. The Morgan fingerprint density at radius 1 is 0.727 bits per heavy atom. The van der Waals surface area contributed by atoms with Crippen LogP contribution >= 0.6 is 0 Å². The highest BCUT2D eigenvalue weighted by Crippen LogP contribution is 2.47. The molecular weight excluding hydrogens is 428 g/mol. The van der Waals surface area contributed by atoms with Crippen molar-refractivity contribution >= 4 is 24.0 Å². The maximum Gasteiger partial charge on any atom is 0.241 e. The Balaban J connectivity index is 2.07. The minimum absolute atomic E-state index is 0.372. The monoisotopic (exact) mass is 454 g/mol. The van der Waals surface area contributed by atoms with Gasteiger partial charge in [0.1, 0.15) is 0 Å². The number of aromatic hydroxyl groups is 4. The quantitative estimate of drug-likeness (QED) is 0.256. The molecule has 2 unspecified atom stereocenters. The molecule has 1 saturated carbocycles. The van der Waals surface area contributed by atoms with Crippen molar-refractivity contribution in [2.24, 2.45) is 11.5 Å². The van der Waals surface area contributed by atoms with E-state index in [0.29, 0.717) is 41.5 Å². The molecule has 0 aliphatic heterocycles. The molecule has 0 aromatic heterocycles. The number of aliphatic hydroxyl groups is 1. The van der Waals surface area contributed by atoms with Gasteiger partial charge in [0.2, 0.25) is 11.8 Å². The summed E-state index contributed by atoms with van der Waals surface area (Å²) in [6, 6.07) is 5.25. The summed E-state index contributed by atoms with van der Waals surface area (Å²) in [7, 11) is 0. The number of phenols is 4. The van der Waals surface area contributed by atoms with Crippen LogP contribution in [-0.4, -0.2) is 43.5 Å². The minimum atomic E-state index is -0.993. The number of benzene rings is 2. The van der Waals surface area contributed by atoms with Gasteiger partial charge in [-0.1, -0.05) is 6.42 Å². The summed E-state index contributed by atoms with van der Waals surface area (Å²) in [5.74, 6) is -3.88. The third-order valence-corrected chi connectivity index (χ3v) is 5.87. The molecule has 2 aromatic carbocycles. The number of hydrogen-bond acceptors (Lipinski definition) is 7. The fraction of sp³-hybridized carbons (Fsp3) is 0.250. The fourth-order valence-corrected chi connectivity index (χ4v) is 4.35. The van der Waals surface area contributed by atoms with E-state index < -0.39 is 29.8 Å². The predicted molar refractivity (Wildman–Crippen MR) is 121 cm³/mol. The van der Waals surface area contributed by atoms with Crippen molar-refractivity contribution in [3.05, 3.63) is 58.7 Å². The largest absolute Gasteiger partial charge is 0.504 e. The maximum absolute atomic E-state index is 11.3. The van der Waals surface area contributed by atoms with Gasteiger partial charge in [0.05, 0.1) is 6.10 Å². The number of primary amides is 2. The van der Waals surface area contributed by atoms with Crippen LogP contribution in [0.3, 0.4) is 0 Å². The molecule has 0 heterocycles. The molecule has 1 fully saturated rings. The van der Waals surface area contributed by atoms with E-state index in [-0.39, 0.29) is 23.0 Å². The molecule has 0 radical (unpaired) electrons. The van der Waals surface area contributed by atoms with Crippen molar-refractivity contribution in [3.63, 3.8) is 0 Å². The van der Waals surface area contributed by atoms with E-state index in [1.807, 2.05) is 0 Å².